The molecule has 0 aromatic heterocycles. The van der Waals surface area contributed by atoms with E-state index in [1.807, 2.05) is 6.92 Å². The summed E-state index contributed by atoms with van der Waals surface area (Å²) in [6.45, 7) is 2.22. The number of ether oxygens (including phenoxy) is 1. The maximum atomic E-state index is 12.7. The fourth-order valence-corrected chi connectivity index (χ4v) is 2.52. The van der Waals surface area contributed by atoms with Gasteiger partial charge in [0.25, 0.3) is 5.91 Å². The lowest BCUT2D eigenvalue weighted by Gasteiger charge is -2.18. The van der Waals surface area contributed by atoms with Crippen molar-refractivity contribution in [2.75, 3.05) is 11.5 Å². The topological polar surface area (TPSA) is 66.8 Å². The van der Waals surface area contributed by atoms with Crippen molar-refractivity contribution in [2.45, 2.75) is 6.92 Å². The largest absolute Gasteiger partial charge is 0.502 e. The first-order chi connectivity index (χ1) is 11.1. The van der Waals surface area contributed by atoms with Crippen LogP contribution in [0.5, 0.6) is 5.75 Å². The van der Waals surface area contributed by atoms with Crippen LogP contribution in [0.15, 0.2) is 60.4 Å². The van der Waals surface area contributed by atoms with Gasteiger partial charge in [-0.3, -0.25) is 9.59 Å². The van der Waals surface area contributed by atoms with Crippen LogP contribution in [0.1, 0.15) is 12.5 Å². The number of nitrogens with zero attached hydrogens (tertiary/aromatic N) is 1. The molecule has 1 aliphatic rings. The second kappa shape index (κ2) is 5.96. The number of carbonyl (C=O) groups is 2. The molecule has 0 fully saturated rings. The molecule has 2 aromatic carbocycles. The zero-order valence-corrected chi connectivity index (χ0v) is 12.5. The Balaban J connectivity index is 2.06. The molecule has 1 aliphatic heterocycles. The van der Waals surface area contributed by atoms with Crippen LogP contribution in [0.2, 0.25) is 0 Å². The van der Waals surface area contributed by atoms with E-state index < -0.39 is 17.6 Å². The van der Waals surface area contributed by atoms with E-state index in [0.717, 1.165) is 4.90 Å². The maximum Gasteiger partial charge on any atom is 0.301 e. The Hall–Kier alpha value is -3.08. The third kappa shape index (κ3) is 2.46. The minimum atomic E-state index is -0.749. The van der Waals surface area contributed by atoms with Crippen molar-refractivity contribution in [2.24, 2.45) is 0 Å². The molecule has 1 heterocycles. The van der Waals surface area contributed by atoms with Crippen molar-refractivity contribution < 1.29 is 19.4 Å². The van der Waals surface area contributed by atoms with Crippen LogP contribution in [-0.2, 0) is 9.59 Å². The number of carbonyl (C=O) groups excluding carboxylic acids is 2. The molecule has 2 amide bonds. The summed E-state index contributed by atoms with van der Waals surface area (Å²) in [4.78, 5) is 26.1. The van der Waals surface area contributed by atoms with E-state index in [4.69, 9.17) is 4.74 Å². The Labute approximate surface area is 133 Å². The standard InChI is InChI=1S/C18H15NO4/c1-2-23-14-11-7-6-10-13(14)19-17(21)15(16(20)18(19)22)12-8-4-3-5-9-12/h3-11,20H,2H2,1H3. The monoisotopic (exact) mass is 309 g/mol. The van der Waals surface area contributed by atoms with Gasteiger partial charge in [-0.1, -0.05) is 42.5 Å². The number of rotatable bonds is 4. The Bertz CT molecular complexity index is 796. The van der Waals surface area contributed by atoms with E-state index in [9.17, 15) is 14.7 Å². The molecule has 5 nitrogen and oxygen atoms in total. The minimum absolute atomic E-state index is 0.00176. The van der Waals surface area contributed by atoms with Crippen LogP contribution >= 0.6 is 0 Å². The Morgan fingerprint density at radius 1 is 0.957 bits per heavy atom. The van der Waals surface area contributed by atoms with Crippen molar-refractivity contribution in [1.82, 2.24) is 0 Å². The summed E-state index contributed by atoms with van der Waals surface area (Å²) < 4.78 is 5.48. The maximum absolute atomic E-state index is 12.7. The predicted molar refractivity (Wildman–Crippen MR) is 86.1 cm³/mol. The van der Waals surface area contributed by atoms with E-state index in [-0.39, 0.29) is 5.57 Å². The highest BCUT2D eigenvalue weighted by atomic mass is 16.5. The average molecular weight is 309 g/mol. The van der Waals surface area contributed by atoms with E-state index in [1.54, 1.807) is 54.6 Å². The van der Waals surface area contributed by atoms with Crippen molar-refractivity contribution in [3.05, 3.63) is 65.9 Å². The van der Waals surface area contributed by atoms with Crippen molar-refractivity contribution in [3.8, 4) is 5.75 Å². The number of benzene rings is 2. The third-order valence-electron chi connectivity index (χ3n) is 3.53. The number of imide groups is 1. The Morgan fingerprint density at radius 2 is 1.61 bits per heavy atom. The number of hydrogen-bond acceptors (Lipinski definition) is 4. The minimum Gasteiger partial charge on any atom is -0.502 e. The average Bonchev–Trinajstić information content (AvgIpc) is 2.79. The molecule has 2 aromatic rings. The van der Waals surface area contributed by atoms with Gasteiger partial charge in [0.15, 0.2) is 5.76 Å². The quantitative estimate of drug-likeness (QED) is 0.882. The Morgan fingerprint density at radius 3 is 2.30 bits per heavy atom. The molecule has 116 valence electrons. The van der Waals surface area contributed by atoms with E-state index in [1.165, 1.54) is 0 Å². The summed E-state index contributed by atoms with van der Waals surface area (Å²) in [7, 11) is 0. The molecule has 23 heavy (non-hydrogen) atoms. The van der Waals surface area contributed by atoms with Gasteiger partial charge in [-0.15, -0.1) is 0 Å². The lowest BCUT2D eigenvalue weighted by atomic mass is 10.1. The van der Waals surface area contributed by atoms with Gasteiger partial charge in [-0.2, -0.15) is 0 Å². The zero-order chi connectivity index (χ0) is 16.4. The highest BCUT2D eigenvalue weighted by Gasteiger charge is 2.41. The summed E-state index contributed by atoms with van der Waals surface area (Å²) in [6.07, 6.45) is 0. The molecule has 0 aliphatic carbocycles. The first-order valence-corrected chi connectivity index (χ1v) is 7.24. The molecule has 0 saturated heterocycles. The third-order valence-corrected chi connectivity index (χ3v) is 3.53. The van der Waals surface area contributed by atoms with Gasteiger partial charge in [0.2, 0.25) is 0 Å². The second-order valence-electron chi connectivity index (χ2n) is 4.94. The van der Waals surface area contributed by atoms with E-state index >= 15 is 0 Å². The molecular weight excluding hydrogens is 294 g/mol. The van der Waals surface area contributed by atoms with Crippen LogP contribution < -0.4 is 9.64 Å². The summed E-state index contributed by atoms with van der Waals surface area (Å²) in [5.74, 6) is -1.45. The fraction of sp³-hybridized carbons (Fsp3) is 0.111. The predicted octanol–water partition coefficient (Wildman–Crippen LogP) is 2.93. The van der Waals surface area contributed by atoms with Crippen molar-refractivity contribution in [3.63, 3.8) is 0 Å². The summed E-state index contributed by atoms with van der Waals surface area (Å²) >= 11 is 0. The summed E-state index contributed by atoms with van der Waals surface area (Å²) in [5.41, 5.74) is 0.823. The normalized spacial score (nSPS) is 14.6. The second-order valence-corrected chi connectivity index (χ2v) is 4.94. The van der Waals surface area contributed by atoms with Crippen LogP contribution in [0.4, 0.5) is 5.69 Å². The number of para-hydroxylation sites is 2. The molecule has 0 unspecified atom stereocenters. The Kier molecular flexibility index (Phi) is 3.85. The molecule has 0 spiro atoms. The summed E-state index contributed by atoms with van der Waals surface area (Å²) in [5, 5.41) is 10.2. The molecule has 0 atom stereocenters. The SMILES string of the molecule is CCOc1ccccc1N1C(=O)C(O)=C(c2ccccc2)C1=O. The van der Waals surface area contributed by atoms with Crippen LogP contribution in [0.25, 0.3) is 5.57 Å². The molecule has 5 heteroatoms. The van der Waals surface area contributed by atoms with Gasteiger partial charge in [0.1, 0.15) is 5.75 Å². The smallest absolute Gasteiger partial charge is 0.301 e. The number of anilines is 1. The van der Waals surface area contributed by atoms with E-state index in [2.05, 4.69) is 0 Å². The van der Waals surface area contributed by atoms with Crippen LogP contribution in [-0.4, -0.2) is 23.5 Å². The van der Waals surface area contributed by atoms with Crippen molar-refractivity contribution in [1.29, 1.82) is 0 Å². The highest BCUT2D eigenvalue weighted by Crippen LogP contribution is 2.36. The lowest BCUT2D eigenvalue weighted by Crippen LogP contribution is -2.32. The number of amides is 2. The summed E-state index contributed by atoms with van der Waals surface area (Å²) in [6, 6.07) is 15.4. The van der Waals surface area contributed by atoms with Gasteiger partial charge < -0.3 is 9.84 Å². The highest BCUT2D eigenvalue weighted by molar-refractivity contribution is 6.45. The molecule has 0 bridgehead atoms. The zero-order valence-electron chi connectivity index (χ0n) is 12.5. The lowest BCUT2D eigenvalue weighted by molar-refractivity contribution is -0.121. The van der Waals surface area contributed by atoms with Gasteiger partial charge in [-0.25, -0.2) is 4.90 Å². The van der Waals surface area contributed by atoms with Crippen molar-refractivity contribution >= 4 is 23.1 Å². The fourth-order valence-electron chi connectivity index (χ4n) is 2.52. The van der Waals surface area contributed by atoms with Gasteiger partial charge in [0, 0.05) is 0 Å². The molecule has 3 rings (SSSR count). The van der Waals surface area contributed by atoms with Gasteiger partial charge >= 0.3 is 5.91 Å². The number of hydrogen-bond donors (Lipinski definition) is 1. The van der Waals surface area contributed by atoms with Gasteiger partial charge in [-0.05, 0) is 24.6 Å². The first kappa shape index (κ1) is 14.8. The number of aliphatic hydroxyl groups excluding tert-OH is 1. The number of aliphatic hydroxyl groups is 1. The molecule has 0 radical (unpaired) electrons. The first-order valence-electron chi connectivity index (χ1n) is 7.24. The van der Waals surface area contributed by atoms with Gasteiger partial charge in [0.05, 0.1) is 17.9 Å². The molecule has 1 N–H and O–H groups in total. The van der Waals surface area contributed by atoms with E-state index in [0.29, 0.717) is 23.6 Å². The van der Waals surface area contributed by atoms with Crippen LogP contribution in [0.3, 0.4) is 0 Å². The molecular formula is C18H15NO4. The van der Waals surface area contributed by atoms with Crippen LogP contribution in [0, 0.1) is 0 Å². The molecule has 0 saturated carbocycles.